The van der Waals surface area contributed by atoms with Crippen LogP contribution in [-0.4, -0.2) is 36.0 Å². The van der Waals surface area contributed by atoms with Gasteiger partial charge < -0.3 is 10.2 Å². The molecule has 1 amide bonds. The largest absolute Gasteiger partial charge is 0.333 e. The number of aryl methyl sites for hydroxylation is 1. The van der Waals surface area contributed by atoms with Crippen molar-refractivity contribution in [3.05, 3.63) is 21.9 Å². The van der Waals surface area contributed by atoms with E-state index in [9.17, 15) is 4.79 Å². The van der Waals surface area contributed by atoms with Gasteiger partial charge in [0.25, 0.3) is 5.91 Å². The average Bonchev–Trinajstić information content (AvgIpc) is 2.68. The van der Waals surface area contributed by atoms with E-state index >= 15 is 0 Å². The minimum Gasteiger partial charge on any atom is -0.333 e. The topological polar surface area (TPSA) is 32.3 Å². The monoisotopic (exact) mass is 238 g/mol. The molecule has 1 aromatic heterocycles. The van der Waals surface area contributed by atoms with Crippen LogP contribution < -0.4 is 5.32 Å². The minimum absolute atomic E-state index is 0.180. The molecule has 4 heteroatoms. The number of carbonyl (C=O) groups excluding carboxylic acids is 1. The third-order valence-corrected chi connectivity index (χ3v) is 4.24. The first-order chi connectivity index (χ1) is 7.61. The highest BCUT2D eigenvalue weighted by Crippen LogP contribution is 2.19. The van der Waals surface area contributed by atoms with Crippen molar-refractivity contribution in [1.29, 1.82) is 0 Å². The lowest BCUT2D eigenvalue weighted by Gasteiger charge is -2.38. The van der Waals surface area contributed by atoms with E-state index in [1.54, 1.807) is 11.3 Å². The summed E-state index contributed by atoms with van der Waals surface area (Å²) in [4.78, 5) is 14.3. The minimum atomic E-state index is 0.180. The Kier molecular flexibility index (Phi) is 3.30. The van der Waals surface area contributed by atoms with Gasteiger partial charge in [0.1, 0.15) is 0 Å². The standard InChI is InChI=1S/C12H18N2OS/c1-8-6-16-7-11(8)12(15)14-5-4-13-9(2)10(14)3/h6-7,9-10,13H,4-5H2,1-3H3. The van der Waals surface area contributed by atoms with Crippen molar-refractivity contribution in [3.8, 4) is 0 Å². The summed E-state index contributed by atoms with van der Waals surface area (Å²) in [6, 6.07) is 0.636. The van der Waals surface area contributed by atoms with Crippen LogP contribution in [0.1, 0.15) is 29.8 Å². The van der Waals surface area contributed by atoms with Gasteiger partial charge in [-0.15, -0.1) is 0 Å². The fourth-order valence-electron chi connectivity index (χ4n) is 2.08. The number of nitrogens with zero attached hydrogens (tertiary/aromatic N) is 1. The molecular weight excluding hydrogens is 220 g/mol. The molecule has 0 spiro atoms. The number of hydrogen-bond acceptors (Lipinski definition) is 3. The molecule has 1 N–H and O–H groups in total. The molecule has 0 aliphatic carbocycles. The van der Waals surface area contributed by atoms with Crippen LogP contribution in [-0.2, 0) is 0 Å². The van der Waals surface area contributed by atoms with Crippen LogP contribution in [0.25, 0.3) is 0 Å². The molecule has 1 fully saturated rings. The van der Waals surface area contributed by atoms with E-state index in [1.807, 2.05) is 22.6 Å². The fourth-order valence-corrected chi connectivity index (χ4v) is 2.90. The second-order valence-corrected chi connectivity index (χ2v) is 5.19. The van der Waals surface area contributed by atoms with Crippen molar-refractivity contribution in [2.45, 2.75) is 32.9 Å². The van der Waals surface area contributed by atoms with Crippen molar-refractivity contribution < 1.29 is 4.79 Å². The van der Waals surface area contributed by atoms with Gasteiger partial charge in [-0.1, -0.05) is 0 Å². The van der Waals surface area contributed by atoms with E-state index in [1.165, 1.54) is 0 Å². The third kappa shape index (κ3) is 1.99. The molecule has 2 atom stereocenters. The van der Waals surface area contributed by atoms with Gasteiger partial charge in [-0.3, -0.25) is 4.79 Å². The predicted molar refractivity (Wildman–Crippen MR) is 67.0 cm³/mol. The molecule has 2 rings (SSSR count). The van der Waals surface area contributed by atoms with Crippen molar-refractivity contribution in [2.24, 2.45) is 0 Å². The summed E-state index contributed by atoms with van der Waals surface area (Å²) in [5.41, 5.74) is 1.96. The van der Waals surface area contributed by atoms with Crippen molar-refractivity contribution >= 4 is 17.2 Å². The van der Waals surface area contributed by atoms with Crippen molar-refractivity contribution in [2.75, 3.05) is 13.1 Å². The highest BCUT2D eigenvalue weighted by molar-refractivity contribution is 7.08. The summed E-state index contributed by atoms with van der Waals surface area (Å²) in [5, 5.41) is 7.37. The normalized spacial score (nSPS) is 25.8. The first-order valence-corrected chi connectivity index (χ1v) is 6.62. The average molecular weight is 238 g/mol. The predicted octanol–water partition coefficient (Wildman–Crippen LogP) is 1.88. The number of nitrogens with one attached hydrogen (secondary N) is 1. The van der Waals surface area contributed by atoms with Crippen LogP contribution in [0.5, 0.6) is 0 Å². The third-order valence-electron chi connectivity index (χ3n) is 3.38. The van der Waals surface area contributed by atoms with Gasteiger partial charge in [0.15, 0.2) is 0 Å². The van der Waals surface area contributed by atoms with Crippen molar-refractivity contribution in [1.82, 2.24) is 10.2 Å². The number of amides is 1. The first kappa shape index (κ1) is 11.6. The molecule has 0 saturated carbocycles. The highest BCUT2D eigenvalue weighted by Gasteiger charge is 2.29. The zero-order valence-electron chi connectivity index (χ0n) is 9.99. The number of rotatable bonds is 1. The molecule has 0 aromatic carbocycles. The van der Waals surface area contributed by atoms with Gasteiger partial charge in [-0.25, -0.2) is 0 Å². The summed E-state index contributed by atoms with van der Waals surface area (Å²) < 4.78 is 0. The molecule has 1 aliphatic heterocycles. The van der Waals surface area contributed by atoms with Crippen molar-refractivity contribution in [3.63, 3.8) is 0 Å². The Hall–Kier alpha value is -0.870. The van der Waals surface area contributed by atoms with Gasteiger partial charge in [-0.2, -0.15) is 11.3 Å². The SMILES string of the molecule is Cc1cscc1C(=O)N1CCNC(C)C1C. The molecule has 3 nitrogen and oxygen atoms in total. The van der Waals surface area contributed by atoms with E-state index in [0.717, 1.165) is 24.2 Å². The van der Waals surface area contributed by atoms with Gasteiger partial charge >= 0.3 is 0 Å². The van der Waals surface area contributed by atoms with Gasteiger partial charge in [0.05, 0.1) is 5.56 Å². The Morgan fingerprint density at radius 3 is 2.88 bits per heavy atom. The van der Waals surface area contributed by atoms with Gasteiger partial charge in [0.2, 0.25) is 0 Å². The van der Waals surface area contributed by atoms with E-state index < -0.39 is 0 Å². The fraction of sp³-hybridized carbons (Fsp3) is 0.583. The molecule has 16 heavy (non-hydrogen) atoms. The Bertz CT molecular complexity index is 388. The maximum atomic E-state index is 12.3. The van der Waals surface area contributed by atoms with Crippen LogP contribution in [0.4, 0.5) is 0 Å². The molecule has 1 saturated heterocycles. The molecule has 2 heterocycles. The lowest BCUT2D eigenvalue weighted by Crippen LogP contribution is -2.57. The maximum Gasteiger partial charge on any atom is 0.255 e. The number of thiophene rings is 1. The van der Waals surface area contributed by atoms with Crippen LogP contribution >= 0.6 is 11.3 Å². The maximum absolute atomic E-state index is 12.3. The second-order valence-electron chi connectivity index (χ2n) is 4.45. The Morgan fingerprint density at radius 2 is 2.25 bits per heavy atom. The first-order valence-electron chi connectivity index (χ1n) is 5.68. The smallest absolute Gasteiger partial charge is 0.255 e. The lowest BCUT2D eigenvalue weighted by atomic mass is 10.1. The van der Waals surface area contributed by atoms with Gasteiger partial charge in [-0.05, 0) is 31.7 Å². The number of carbonyl (C=O) groups is 1. The van der Waals surface area contributed by atoms with E-state index in [2.05, 4.69) is 19.2 Å². The van der Waals surface area contributed by atoms with E-state index in [4.69, 9.17) is 0 Å². The lowest BCUT2D eigenvalue weighted by molar-refractivity contribution is 0.0603. The summed E-state index contributed by atoms with van der Waals surface area (Å²) in [7, 11) is 0. The molecule has 1 aliphatic rings. The van der Waals surface area contributed by atoms with E-state index in [-0.39, 0.29) is 11.9 Å². The quantitative estimate of drug-likeness (QED) is 0.810. The number of hydrogen-bond donors (Lipinski definition) is 1. The van der Waals surface area contributed by atoms with E-state index in [0.29, 0.717) is 6.04 Å². The Morgan fingerprint density at radius 1 is 1.50 bits per heavy atom. The van der Waals surface area contributed by atoms with Gasteiger partial charge in [0, 0.05) is 30.6 Å². The second kappa shape index (κ2) is 4.55. The zero-order valence-corrected chi connectivity index (χ0v) is 10.8. The summed E-state index contributed by atoms with van der Waals surface area (Å²) in [6.07, 6.45) is 0. The van der Waals surface area contributed by atoms with Crippen LogP contribution in [0.15, 0.2) is 10.8 Å². The summed E-state index contributed by atoms with van der Waals surface area (Å²) in [5.74, 6) is 0.180. The van der Waals surface area contributed by atoms with Crippen LogP contribution in [0, 0.1) is 6.92 Å². The van der Waals surface area contributed by atoms with Crippen LogP contribution in [0.3, 0.4) is 0 Å². The molecular formula is C12H18N2OS. The molecule has 0 radical (unpaired) electrons. The number of piperazine rings is 1. The molecule has 0 bridgehead atoms. The molecule has 88 valence electrons. The zero-order chi connectivity index (χ0) is 11.7. The molecule has 2 unspecified atom stereocenters. The summed E-state index contributed by atoms with van der Waals surface area (Å²) in [6.45, 7) is 7.93. The van der Waals surface area contributed by atoms with Crippen LogP contribution in [0.2, 0.25) is 0 Å². The Balaban J connectivity index is 2.18. The molecule has 1 aromatic rings. The highest BCUT2D eigenvalue weighted by atomic mass is 32.1. The summed E-state index contributed by atoms with van der Waals surface area (Å²) >= 11 is 1.60. The Labute approximate surface area is 100 Å².